The van der Waals surface area contributed by atoms with Crippen molar-refractivity contribution in [3.63, 3.8) is 0 Å². The predicted octanol–water partition coefficient (Wildman–Crippen LogP) is -11.7. The van der Waals surface area contributed by atoms with Crippen molar-refractivity contribution < 1.29 is 88.0 Å². The van der Waals surface area contributed by atoms with Crippen LogP contribution in [0.5, 0.6) is 0 Å². The molecule has 0 saturated carbocycles. The summed E-state index contributed by atoms with van der Waals surface area (Å²) in [7, 11) is 0. The van der Waals surface area contributed by atoms with Crippen LogP contribution in [0, 0.1) is 7.14 Å². The van der Waals surface area contributed by atoms with E-state index in [0.717, 1.165) is 0 Å². The zero-order valence-corrected chi connectivity index (χ0v) is 37.5. The number of benzene rings is 2. The minimum atomic E-state index is -4.35. The molecule has 0 unspecified atom stereocenters. The molecule has 19 nitrogen and oxygen atoms in total. The summed E-state index contributed by atoms with van der Waals surface area (Å²) in [4.78, 5) is 0. The second-order valence-corrected chi connectivity index (χ2v) is 20.3. The fraction of sp³-hybridized carbons (Fsp3) is 0. The fourth-order valence-corrected chi connectivity index (χ4v) is 11.9. The Morgan fingerprint density at radius 3 is 0.705 bits per heavy atom. The van der Waals surface area contributed by atoms with Gasteiger partial charge in [0, 0.05) is 0 Å². The first kappa shape index (κ1) is 71.7. The average Bonchev–Trinajstić information content (AvgIpc) is 2.72. The van der Waals surface area contributed by atoms with Gasteiger partial charge in [-0.05, 0) is 0 Å². The summed E-state index contributed by atoms with van der Waals surface area (Å²) in [6.07, 6.45) is 0. The molecule has 44 heavy (non-hydrogen) atoms. The van der Waals surface area contributed by atoms with E-state index < -0.39 is 145 Å². The molecule has 0 saturated heterocycles. The van der Waals surface area contributed by atoms with E-state index in [9.17, 15) is 9.47 Å². The van der Waals surface area contributed by atoms with Gasteiger partial charge in [-0.25, -0.2) is 0 Å². The molecule has 0 bridgehead atoms. The summed E-state index contributed by atoms with van der Waals surface area (Å²) >= 11 is -29.6. The maximum atomic E-state index is 12.9. The molecule has 0 N–H and O–H groups in total. The Bertz CT molecular complexity index is 947. The van der Waals surface area contributed by atoms with E-state index in [2.05, 4.69) is 0 Å². The van der Waals surface area contributed by atoms with Gasteiger partial charge in [-0.15, -0.1) is 0 Å². The molecule has 0 heterocycles. The maximum absolute atomic E-state index is 12.9. The normalized spacial score (nSPS) is 7.89. The van der Waals surface area contributed by atoms with Crippen molar-refractivity contribution in [3.8, 4) is 0 Å². The van der Waals surface area contributed by atoms with Gasteiger partial charge in [0.25, 0.3) is 0 Å². The van der Waals surface area contributed by atoms with Crippen LogP contribution < -0.4 is 37.2 Å². The van der Waals surface area contributed by atoms with Gasteiger partial charge in [-0.2, -0.15) is 0 Å². The van der Waals surface area contributed by atoms with E-state index in [-0.39, 0.29) is 28.2 Å². The standard InChI is InChI=1S/C12H11IO2.6FH.17O.6Sb/c14-13(15,11-7-3-1-4-8-11)12-9-5-2-6-10-12;;;;;;;;;;;;;;;;;;;;;;;;;;;;;/h1-10H,(H,14,15);6*1H;;;;;;;;;;;;;;;;;;;;;;;/q;;;;;;;;;;;;;11*-1;;;;;;+1/p-1. The molecular weight excluding hydrogens is 1420 g/mol. The van der Waals surface area contributed by atoms with E-state index in [4.69, 9.17) is 50.3 Å². The Morgan fingerprint density at radius 1 is 0.409 bits per heavy atom. The first-order valence-electron chi connectivity index (χ1n) is 7.79. The summed E-state index contributed by atoms with van der Waals surface area (Å²) in [6.45, 7) is 0. The van der Waals surface area contributed by atoms with Crippen LogP contribution >= 0.6 is 18.8 Å². The summed E-state index contributed by atoms with van der Waals surface area (Å²) in [5.74, 6) is 0. The van der Waals surface area contributed by atoms with Gasteiger partial charge in [0.15, 0.2) is 0 Å². The number of halogens is 7. The van der Waals surface area contributed by atoms with Crippen molar-refractivity contribution in [2.24, 2.45) is 0 Å². The summed E-state index contributed by atoms with van der Waals surface area (Å²) < 4.78 is 170. The van der Waals surface area contributed by atoms with E-state index in [1.807, 2.05) is 0 Å². The van der Waals surface area contributed by atoms with Crippen LogP contribution in [0.3, 0.4) is 0 Å². The van der Waals surface area contributed by atoms with Crippen LogP contribution in [-0.2, 0) is 22.5 Å². The van der Waals surface area contributed by atoms with Gasteiger partial charge < -0.3 is 0 Å². The third-order valence-electron chi connectivity index (χ3n) is 2.19. The van der Waals surface area contributed by atoms with Crippen LogP contribution in [-0.4, -0.2) is 126 Å². The second-order valence-electron chi connectivity index (χ2n) is 4.47. The van der Waals surface area contributed by atoms with Crippen LogP contribution in [0.2, 0.25) is 0 Å². The van der Waals surface area contributed by atoms with E-state index >= 15 is 0 Å². The molecule has 2 aromatic rings. The minimum absolute atomic E-state index is 0. The Kier molecular flexibility index (Phi) is 76.4. The second kappa shape index (κ2) is 46.9. The Labute approximate surface area is 296 Å². The first-order chi connectivity index (χ1) is 17.3. The molecule has 2 rings (SSSR count). The third kappa shape index (κ3) is 66.2. The zero-order chi connectivity index (χ0) is 30.9. The molecule has 6 radical (unpaired) electrons. The molecule has 0 atom stereocenters. The molecule has 0 amide bonds. The topological polar surface area (TPSA) is 382 Å². The Hall–Kier alpha value is 1.78. The molecule has 0 spiro atoms. The van der Waals surface area contributed by atoms with Crippen molar-refractivity contribution in [3.05, 3.63) is 67.8 Å². The van der Waals surface area contributed by atoms with Gasteiger partial charge in [0.2, 0.25) is 0 Å². The van der Waals surface area contributed by atoms with Crippen molar-refractivity contribution in [2.75, 3.05) is 0 Å². The Morgan fingerprint density at radius 2 is 0.568 bits per heavy atom. The van der Waals surface area contributed by atoms with Gasteiger partial charge in [-0.3, -0.25) is 28.2 Å². The molecule has 268 valence electrons. The predicted molar refractivity (Wildman–Crippen MR) is 120 cm³/mol. The van der Waals surface area contributed by atoms with Crippen LogP contribution in [0.15, 0.2) is 60.7 Å². The van der Waals surface area contributed by atoms with Crippen LogP contribution in [0.25, 0.3) is 0 Å². The molecule has 32 heteroatoms. The number of hydrogen-bond donors (Lipinski definition) is 0. The van der Waals surface area contributed by atoms with Gasteiger partial charge >= 0.3 is 273 Å². The molecule has 2 aromatic carbocycles. The summed E-state index contributed by atoms with van der Waals surface area (Å²) in [5.41, 5.74) is 0. The Balaban J connectivity index is -0.0000000470. The number of hydrogen-bond acceptors (Lipinski definition) is 19. The van der Waals surface area contributed by atoms with E-state index in [0.29, 0.717) is 7.14 Å². The molecular formula is C12H16F6IO19Sb6-11. The quantitative estimate of drug-likeness (QED) is 0.156. The average molecular weight is 1440 g/mol. The van der Waals surface area contributed by atoms with Crippen molar-refractivity contribution in [1.29, 1.82) is 0 Å². The van der Waals surface area contributed by atoms with Crippen LogP contribution in [0.4, 0.5) is 28.2 Å². The van der Waals surface area contributed by atoms with E-state index in [1.165, 1.54) is 0 Å². The SMILES string of the molecule is F.F.F.F.F.F.[O]=[Sb]([O-])[O-].[O]=[Sb]([O-])[O-].[O]=[Sb]([O-])[O-].[O]=[Sb]([O-])[O-].[O]=[Sb]([O-])[O-].[O]=[Sb]([O-])[O]I(=O)(c1ccccc1)c1ccccc1. The van der Waals surface area contributed by atoms with Crippen molar-refractivity contribution in [2.45, 2.75) is 0 Å². The fourth-order valence-electron chi connectivity index (χ4n) is 1.45. The van der Waals surface area contributed by atoms with Gasteiger partial charge in [0.1, 0.15) is 0 Å². The van der Waals surface area contributed by atoms with Gasteiger partial charge in [0.05, 0.1) is 0 Å². The van der Waals surface area contributed by atoms with Gasteiger partial charge in [-0.1, -0.05) is 0 Å². The number of rotatable bonds is 4. The molecule has 0 aliphatic rings. The molecule has 0 aliphatic heterocycles. The first-order valence-corrected chi connectivity index (χ1v) is 30.5. The molecule has 0 fully saturated rings. The monoisotopic (exact) mass is 1430 g/mol. The van der Waals surface area contributed by atoms with Crippen molar-refractivity contribution >= 4 is 145 Å². The summed E-state index contributed by atoms with van der Waals surface area (Å²) in [5, 5.41) is 0. The molecule has 0 aliphatic carbocycles. The zero-order valence-electron chi connectivity index (χ0n) is 20.0. The van der Waals surface area contributed by atoms with E-state index in [1.54, 1.807) is 60.7 Å². The third-order valence-corrected chi connectivity index (χ3v) is 13.7. The van der Waals surface area contributed by atoms with Crippen LogP contribution in [0.1, 0.15) is 0 Å². The van der Waals surface area contributed by atoms with Crippen molar-refractivity contribution in [1.82, 2.24) is 0 Å². The molecule has 0 aromatic heterocycles. The summed E-state index contributed by atoms with van der Waals surface area (Å²) in [6, 6.07) is 17.0.